The molecule has 0 unspecified atom stereocenters. The molecule has 0 N–H and O–H groups in total. The monoisotopic (exact) mass is 352 g/mol. The highest BCUT2D eigenvalue weighted by atomic mass is 19.1. The van der Waals surface area contributed by atoms with Crippen LogP contribution >= 0.6 is 0 Å². The van der Waals surface area contributed by atoms with Gasteiger partial charge in [-0.2, -0.15) is 0 Å². The van der Waals surface area contributed by atoms with E-state index in [0.29, 0.717) is 17.9 Å². The molecule has 0 radical (unpaired) electrons. The Balaban J connectivity index is 1.98. The van der Waals surface area contributed by atoms with E-state index in [-0.39, 0.29) is 11.6 Å². The average Bonchev–Trinajstić information content (AvgIpc) is 2.68. The van der Waals surface area contributed by atoms with Crippen LogP contribution in [0.2, 0.25) is 0 Å². The average molecular weight is 352 g/mol. The van der Waals surface area contributed by atoms with Gasteiger partial charge in [-0.05, 0) is 60.8 Å². The van der Waals surface area contributed by atoms with Crippen molar-refractivity contribution in [3.8, 4) is 11.1 Å². The summed E-state index contributed by atoms with van der Waals surface area (Å²) in [6.07, 6.45) is 7.80. The Hall–Kier alpha value is -1.96. The van der Waals surface area contributed by atoms with Gasteiger partial charge in [0.25, 0.3) is 0 Å². The molecule has 0 aromatic heterocycles. The van der Waals surface area contributed by atoms with E-state index in [2.05, 4.69) is 6.92 Å². The summed E-state index contributed by atoms with van der Waals surface area (Å²) in [5.74, 6) is 1.21. The number of rotatable bonds is 6. The molecule has 1 aliphatic carbocycles. The van der Waals surface area contributed by atoms with Crippen molar-refractivity contribution in [1.82, 2.24) is 0 Å². The number of Topliss-reactive ketones (excluding diaryl/α,β-unsaturated/α-hetero) is 1. The van der Waals surface area contributed by atoms with E-state index in [9.17, 15) is 9.18 Å². The number of benzene rings is 2. The van der Waals surface area contributed by atoms with Crippen molar-refractivity contribution in [2.24, 2.45) is 5.92 Å². The first-order valence-corrected chi connectivity index (χ1v) is 10.1. The SMILES string of the molecule is CCCC1CCC(c2cc(C(=O)CC)ccc2-c2ccccc2F)CC1. The van der Waals surface area contributed by atoms with Crippen LogP contribution in [0.4, 0.5) is 4.39 Å². The molecule has 0 saturated heterocycles. The fourth-order valence-electron chi connectivity index (χ4n) is 4.37. The summed E-state index contributed by atoms with van der Waals surface area (Å²) >= 11 is 0. The lowest BCUT2D eigenvalue weighted by Gasteiger charge is -2.30. The second kappa shape index (κ2) is 8.62. The predicted molar refractivity (Wildman–Crippen MR) is 106 cm³/mol. The van der Waals surface area contributed by atoms with Gasteiger partial charge in [0.05, 0.1) is 0 Å². The fraction of sp³-hybridized carbons (Fsp3) is 0.458. The summed E-state index contributed by atoms with van der Waals surface area (Å²) in [5.41, 5.74) is 3.52. The molecule has 138 valence electrons. The minimum atomic E-state index is -0.192. The molecule has 2 aromatic carbocycles. The molecule has 0 amide bonds. The van der Waals surface area contributed by atoms with Gasteiger partial charge in [0.1, 0.15) is 5.82 Å². The molecular weight excluding hydrogens is 323 g/mol. The molecule has 0 aliphatic heterocycles. The lowest BCUT2D eigenvalue weighted by atomic mass is 9.75. The topological polar surface area (TPSA) is 17.1 Å². The maximum atomic E-state index is 14.4. The van der Waals surface area contributed by atoms with E-state index < -0.39 is 0 Å². The predicted octanol–water partition coefficient (Wildman–Crippen LogP) is 7.16. The molecular formula is C24H29FO. The third-order valence-corrected chi connectivity index (χ3v) is 5.84. The first-order valence-electron chi connectivity index (χ1n) is 10.1. The maximum Gasteiger partial charge on any atom is 0.162 e. The molecule has 2 aromatic rings. The second-order valence-electron chi connectivity index (χ2n) is 7.56. The van der Waals surface area contributed by atoms with E-state index >= 15 is 0 Å². The van der Waals surface area contributed by atoms with E-state index in [4.69, 9.17) is 0 Å². The minimum absolute atomic E-state index is 0.158. The van der Waals surface area contributed by atoms with Crippen molar-refractivity contribution in [2.45, 2.75) is 64.7 Å². The number of hydrogen-bond acceptors (Lipinski definition) is 1. The zero-order chi connectivity index (χ0) is 18.5. The van der Waals surface area contributed by atoms with Crippen LogP contribution in [-0.2, 0) is 0 Å². The molecule has 1 nitrogen and oxygen atoms in total. The Morgan fingerprint density at radius 1 is 1.00 bits per heavy atom. The lowest BCUT2D eigenvalue weighted by Crippen LogP contribution is -2.14. The molecule has 0 heterocycles. The quantitative estimate of drug-likeness (QED) is 0.504. The van der Waals surface area contributed by atoms with E-state index in [1.165, 1.54) is 31.7 Å². The zero-order valence-electron chi connectivity index (χ0n) is 15.9. The van der Waals surface area contributed by atoms with Crippen LogP contribution in [-0.4, -0.2) is 5.78 Å². The summed E-state index contributed by atoms with van der Waals surface area (Å²) in [5, 5.41) is 0. The smallest absolute Gasteiger partial charge is 0.162 e. The normalized spacial score (nSPS) is 20.1. The molecule has 26 heavy (non-hydrogen) atoms. The Kier molecular flexibility index (Phi) is 6.24. The molecule has 0 atom stereocenters. The number of hydrogen-bond donors (Lipinski definition) is 0. The van der Waals surface area contributed by atoms with Gasteiger partial charge in [-0.3, -0.25) is 4.79 Å². The second-order valence-corrected chi connectivity index (χ2v) is 7.56. The van der Waals surface area contributed by atoms with Crippen molar-refractivity contribution in [1.29, 1.82) is 0 Å². The fourth-order valence-corrected chi connectivity index (χ4v) is 4.37. The number of halogens is 1. The van der Waals surface area contributed by atoms with E-state index in [0.717, 1.165) is 35.4 Å². The van der Waals surface area contributed by atoms with Crippen molar-refractivity contribution in [3.05, 3.63) is 59.4 Å². The Morgan fingerprint density at radius 2 is 1.73 bits per heavy atom. The molecule has 1 aliphatic rings. The van der Waals surface area contributed by atoms with Gasteiger partial charge in [0.2, 0.25) is 0 Å². The zero-order valence-corrected chi connectivity index (χ0v) is 15.9. The summed E-state index contributed by atoms with van der Waals surface area (Å²) in [4.78, 5) is 12.2. The van der Waals surface area contributed by atoms with Crippen LogP contribution in [0.3, 0.4) is 0 Å². The van der Waals surface area contributed by atoms with Crippen LogP contribution in [0.25, 0.3) is 11.1 Å². The molecule has 3 rings (SSSR count). The molecule has 0 spiro atoms. The van der Waals surface area contributed by atoms with Crippen molar-refractivity contribution in [2.75, 3.05) is 0 Å². The standard InChI is InChI=1S/C24H29FO/c1-3-7-17-10-12-18(13-11-17)22-16-19(24(26)4-2)14-15-20(22)21-8-5-6-9-23(21)25/h5-6,8-9,14-18H,3-4,7,10-13H2,1-2H3. The number of carbonyl (C=O) groups is 1. The number of carbonyl (C=O) groups excluding carboxylic acids is 1. The van der Waals surface area contributed by atoms with E-state index in [1.807, 2.05) is 37.3 Å². The Morgan fingerprint density at radius 3 is 2.38 bits per heavy atom. The van der Waals surface area contributed by atoms with Crippen molar-refractivity contribution in [3.63, 3.8) is 0 Å². The van der Waals surface area contributed by atoms with Gasteiger partial charge in [0, 0.05) is 17.5 Å². The summed E-state index contributed by atoms with van der Waals surface area (Å²) < 4.78 is 14.4. The van der Waals surface area contributed by atoms with Crippen molar-refractivity contribution < 1.29 is 9.18 Å². The van der Waals surface area contributed by atoms with Crippen LogP contribution in [0.5, 0.6) is 0 Å². The van der Waals surface area contributed by atoms with Crippen LogP contribution in [0, 0.1) is 11.7 Å². The minimum Gasteiger partial charge on any atom is -0.294 e. The van der Waals surface area contributed by atoms with Gasteiger partial charge < -0.3 is 0 Å². The maximum absolute atomic E-state index is 14.4. The van der Waals surface area contributed by atoms with Gasteiger partial charge in [-0.1, -0.05) is 57.0 Å². The first-order chi connectivity index (χ1) is 12.6. The summed E-state index contributed by atoms with van der Waals surface area (Å²) in [7, 11) is 0. The third kappa shape index (κ3) is 4.06. The highest BCUT2D eigenvalue weighted by Crippen LogP contribution is 2.42. The molecule has 0 bridgehead atoms. The van der Waals surface area contributed by atoms with Crippen LogP contribution in [0.15, 0.2) is 42.5 Å². The first kappa shape index (κ1) is 18.8. The van der Waals surface area contributed by atoms with Crippen molar-refractivity contribution >= 4 is 5.78 Å². The highest BCUT2D eigenvalue weighted by molar-refractivity contribution is 5.96. The molecule has 2 heteroatoms. The number of ketones is 1. The summed E-state index contributed by atoms with van der Waals surface area (Å²) in [6, 6.07) is 12.8. The van der Waals surface area contributed by atoms with Gasteiger partial charge in [-0.25, -0.2) is 4.39 Å². The van der Waals surface area contributed by atoms with E-state index in [1.54, 1.807) is 6.07 Å². The highest BCUT2D eigenvalue weighted by Gasteiger charge is 2.25. The molecule has 1 saturated carbocycles. The van der Waals surface area contributed by atoms with Gasteiger partial charge >= 0.3 is 0 Å². The third-order valence-electron chi connectivity index (χ3n) is 5.84. The Labute approximate surface area is 156 Å². The van der Waals surface area contributed by atoms with Gasteiger partial charge in [0.15, 0.2) is 5.78 Å². The largest absolute Gasteiger partial charge is 0.294 e. The van der Waals surface area contributed by atoms with Gasteiger partial charge in [-0.15, -0.1) is 0 Å². The summed E-state index contributed by atoms with van der Waals surface area (Å²) in [6.45, 7) is 4.14. The Bertz CT molecular complexity index is 757. The van der Waals surface area contributed by atoms with Crippen LogP contribution in [0.1, 0.15) is 80.6 Å². The lowest BCUT2D eigenvalue weighted by molar-refractivity contribution is 0.0988. The molecule has 1 fully saturated rings. The van der Waals surface area contributed by atoms with Crippen LogP contribution < -0.4 is 0 Å².